The van der Waals surface area contributed by atoms with Crippen LogP contribution in [0.1, 0.15) is 31.1 Å². The van der Waals surface area contributed by atoms with Gasteiger partial charge in [0.15, 0.2) is 5.78 Å². The van der Waals surface area contributed by atoms with Crippen LogP contribution in [0.15, 0.2) is 18.5 Å². The Kier molecular flexibility index (Phi) is 4.25. The molecule has 6 nitrogen and oxygen atoms in total. The van der Waals surface area contributed by atoms with Gasteiger partial charge in [0.1, 0.15) is 11.4 Å². The van der Waals surface area contributed by atoms with Crippen molar-refractivity contribution in [2.45, 2.75) is 26.4 Å². The first-order valence-electron chi connectivity index (χ1n) is 5.42. The third-order valence-corrected chi connectivity index (χ3v) is 1.84. The molecule has 1 amide bonds. The van der Waals surface area contributed by atoms with Crippen LogP contribution in [0, 0.1) is 0 Å². The number of ketones is 1. The SMILES string of the molecule is CC(C)(C)OC(=O)NCC(=O)c1cncc(O)c1. The van der Waals surface area contributed by atoms with Crippen molar-refractivity contribution in [3.05, 3.63) is 24.0 Å². The second-order valence-electron chi connectivity index (χ2n) is 4.71. The molecule has 1 heterocycles. The van der Waals surface area contributed by atoms with Crippen molar-refractivity contribution in [3.63, 3.8) is 0 Å². The number of hydrogen-bond donors (Lipinski definition) is 2. The fraction of sp³-hybridized carbons (Fsp3) is 0.417. The summed E-state index contributed by atoms with van der Waals surface area (Å²) < 4.78 is 4.98. The third kappa shape index (κ3) is 4.82. The number of hydrogen-bond acceptors (Lipinski definition) is 5. The van der Waals surface area contributed by atoms with Crippen molar-refractivity contribution >= 4 is 11.9 Å². The van der Waals surface area contributed by atoms with Gasteiger partial charge in [0.2, 0.25) is 0 Å². The first-order chi connectivity index (χ1) is 8.28. The van der Waals surface area contributed by atoms with E-state index in [1.807, 2.05) is 0 Å². The Hall–Kier alpha value is -2.11. The van der Waals surface area contributed by atoms with E-state index in [1.54, 1.807) is 20.8 Å². The second-order valence-corrected chi connectivity index (χ2v) is 4.71. The summed E-state index contributed by atoms with van der Waals surface area (Å²) >= 11 is 0. The normalized spacial score (nSPS) is 10.8. The fourth-order valence-corrected chi connectivity index (χ4v) is 1.15. The van der Waals surface area contributed by atoms with Gasteiger partial charge in [-0.05, 0) is 26.8 Å². The molecule has 0 bridgehead atoms. The number of amides is 1. The molecule has 6 heteroatoms. The monoisotopic (exact) mass is 252 g/mol. The molecule has 0 spiro atoms. The van der Waals surface area contributed by atoms with E-state index in [-0.39, 0.29) is 23.6 Å². The smallest absolute Gasteiger partial charge is 0.408 e. The van der Waals surface area contributed by atoms with Gasteiger partial charge in [-0.25, -0.2) is 4.79 Å². The molecule has 0 radical (unpaired) electrons. The average Bonchev–Trinajstić information content (AvgIpc) is 2.23. The molecule has 1 aromatic rings. The van der Waals surface area contributed by atoms with Gasteiger partial charge in [-0.2, -0.15) is 0 Å². The first kappa shape index (κ1) is 14.0. The molecule has 0 fully saturated rings. The highest BCUT2D eigenvalue weighted by atomic mass is 16.6. The Morgan fingerprint density at radius 1 is 1.39 bits per heavy atom. The van der Waals surface area contributed by atoms with E-state index in [0.717, 1.165) is 0 Å². The van der Waals surface area contributed by atoms with Crippen LogP contribution >= 0.6 is 0 Å². The number of alkyl carbamates (subject to hydrolysis) is 1. The van der Waals surface area contributed by atoms with Crippen molar-refractivity contribution in [1.29, 1.82) is 0 Å². The Labute approximate surface area is 105 Å². The van der Waals surface area contributed by atoms with Crippen molar-refractivity contribution in [1.82, 2.24) is 10.3 Å². The molecule has 0 aliphatic rings. The molecule has 0 atom stereocenters. The summed E-state index contributed by atoms with van der Waals surface area (Å²) in [5.74, 6) is -0.456. The highest BCUT2D eigenvalue weighted by Gasteiger charge is 2.17. The van der Waals surface area contributed by atoms with Crippen LogP contribution in [-0.2, 0) is 4.74 Å². The highest BCUT2D eigenvalue weighted by molar-refractivity contribution is 5.98. The minimum Gasteiger partial charge on any atom is -0.506 e. The molecule has 0 saturated carbocycles. The summed E-state index contributed by atoms with van der Waals surface area (Å²) in [7, 11) is 0. The van der Waals surface area contributed by atoms with Crippen LogP contribution in [0.2, 0.25) is 0 Å². The third-order valence-electron chi connectivity index (χ3n) is 1.84. The number of nitrogens with one attached hydrogen (secondary N) is 1. The fourth-order valence-electron chi connectivity index (χ4n) is 1.15. The Balaban J connectivity index is 2.49. The number of aromatic hydroxyl groups is 1. The lowest BCUT2D eigenvalue weighted by Gasteiger charge is -2.19. The summed E-state index contributed by atoms with van der Waals surface area (Å²) in [6.45, 7) is 4.98. The molecule has 1 rings (SSSR count). The topological polar surface area (TPSA) is 88.5 Å². The van der Waals surface area contributed by atoms with Crippen molar-refractivity contribution in [2.24, 2.45) is 0 Å². The van der Waals surface area contributed by atoms with Gasteiger partial charge in [0, 0.05) is 11.8 Å². The minimum absolute atomic E-state index is 0.0990. The maximum absolute atomic E-state index is 11.6. The van der Waals surface area contributed by atoms with Gasteiger partial charge in [-0.15, -0.1) is 0 Å². The standard InChI is InChI=1S/C12H16N2O4/c1-12(2,3)18-11(17)14-7-10(16)8-4-9(15)6-13-5-8/h4-6,15H,7H2,1-3H3,(H,14,17). The Morgan fingerprint density at radius 2 is 2.06 bits per heavy atom. The number of carbonyl (C=O) groups excluding carboxylic acids is 2. The summed E-state index contributed by atoms with van der Waals surface area (Å²) in [4.78, 5) is 26.6. The van der Waals surface area contributed by atoms with E-state index in [0.29, 0.717) is 0 Å². The van der Waals surface area contributed by atoms with Crippen molar-refractivity contribution in [2.75, 3.05) is 6.54 Å². The molecule has 18 heavy (non-hydrogen) atoms. The molecule has 0 saturated heterocycles. The van der Waals surface area contributed by atoms with E-state index in [9.17, 15) is 9.59 Å². The molecule has 1 aromatic heterocycles. The van der Waals surface area contributed by atoms with Crippen molar-refractivity contribution < 1.29 is 19.4 Å². The van der Waals surface area contributed by atoms with E-state index >= 15 is 0 Å². The second kappa shape index (κ2) is 5.48. The lowest BCUT2D eigenvalue weighted by Crippen LogP contribution is -2.35. The van der Waals surface area contributed by atoms with E-state index < -0.39 is 11.7 Å². The first-order valence-corrected chi connectivity index (χ1v) is 5.42. The quantitative estimate of drug-likeness (QED) is 0.796. The van der Waals surface area contributed by atoms with Gasteiger partial charge < -0.3 is 15.2 Å². The summed E-state index contributed by atoms with van der Waals surface area (Å²) in [5.41, 5.74) is -0.384. The molecule has 0 unspecified atom stereocenters. The molecular weight excluding hydrogens is 236 g/mol. The predicted octanol–water partition coefficient (Wildman–Crippen LogP) is 1.49. The van der Waals surface area contributed by atoms with Gasteiger partial charge in [0.25, 0.3) is 0 Å². The Morgan fingerprint density at radius 3 is 2.61 bits per heavy atom. The number of ether oxygens (including phenoxy) is 1. The zero-order valence-electron chi connectivity index (χ0n) is 10.6. The number of carbonyl (C=O) groups is 2. The van der Waals surface area contributed by atoms with Crippen LogP contribution < -0.4 is 5.32 Å². The summed E-state index contributed by atoms with van der Waals surface area (Å²) in [5, 5.41) is 11.5. The lowest BCUT2D eigenvalue weighted by molar-refractivity contribution is 0.0520. The molecule has 98 valence electrons. The van der Waals surface area contributed by atoms with Crippen LogP contribution in [0.25, 0.3) is 0 Å². The maximum Gasteiger partial charge on any atom is 0.408 e. The molecule has 2 N–H and O–H groups in total. The predicted molar refractivity (Wildman–Crippen MR) is 64.5 cm³/mol. The zero-order chi connectivity index (χ0) is 13.8. The molecular formula is C12H16N2O4. The van der Waals surface area contributed by atoms with Crippen LogP contribution in [0.5, 0.6) is 5.75 Å². The highest BCUT2D eigenvalue weighted by Crippen LogP contribution is 2.09. The minimum atomic E-state index is -0.663. The Bertz CT molecular complexity index is 452. The largest absolute Gasteiger partial charge is 0.506 e. The van der Waals surface area contributed by atoms with E-state index in [2.05, 4.69) is 10.3 Å². The van der Waals surface area contributed by atoms with Gasteiger partial charge in [-0.1, -0.05) is 0 Å². The van der Waals surface area contributed by atoms with E-state index in [1.165, 1.54) is 18.5 Å². The summed E-state index contributed by atoms with van der Waals surface area (Å²) in [6, 6.07) is 1.28. The van der Waals surface area contributed by atoms with Gasteiger partial charge in [-0.3, -0.25) is 9.78 Å². The molecule has 0 aromatic carbocycles. The van der Waals surface area contributed by atoms with Gasteiger partial charge >= 0.3 is 6.09 Å². The number of Topliss-reactive ketones (excluding diaryl/α,β-unsaturated/α-hetero) is 1. The average molecular weight is 252 g/mol. The molecule has 0 aliphatic carbocycles. The lowest BCUT2D eigenvalue weighted by atomic mass is 10.2. The number of pyridine rings is 1. The number of nitrogens with zero attached hydrogens (tertiary/aromatic N) is 1. The zero-order valence-corrected chi connectivity index (χ0v) is 10.6. The van der Waals surface area contributed by atoms with Crippen LogP contribution in [-0.4, -0.2) is 34.1 Å². The van der Waals surface area contributed by atoms with Crippen molar-refractivity contribution in [3.8, 4) is 5.75 Å². The number of rotatable bonds is 3. The van der Waals surface area contributed by atoms with Gasteiger partial charge in [0.05, 0.1) is 12.7 Å². The number of aromatic nitrogens is 1. The van der Waals surface area contributed by atoms with Crippen LogP contribution in [0.4, 0.5) is 4.79 Å². The maximum atomic E-state index is 11.6. The molecule has 0 aliphatic heterocycles. The summed E-state index contributed by atoms with van der Waals surface area (Å²) in [6.07, 6.45) is 1.88. The van der Waals surface area contributed by atoms with Crippen LogP contribution in [0.3, 0.4) is 0 Å². The van der Waals surface area contributed by atoms with E-state index in [4.69, 9.17) is 9.84 Å².